The van der Waals surface area contributed by atoms with Crippen molar-refractivity contribution in [2.24, 2.45) is 5.92 Å². The zero-order valence-corrected chi connectivity index (χ0v) is 25.7. The molecule has 0 radical (unpaired) electrons. The van der Waals surface area contributed by atoms with Crippen molar-refractivity contribution in [2.75, 3.05) is 12.3 Å². The smallest absolute Gasteiger partial charge is 0.164 e. The van der Waals surface area contributed by atoms with Gasteiger partial charge in [0.15, 0.2) is 6.23 Å². The first kappa shape index (κ1) is 29.6. The van der Waals surface area contributed by atoms with Crippen molar-refractivity contribution in [1.29, 1.82) is 0 Å². The minimum atomic E-state index is -1.14. The van der Waals surface area contributed by atoms with E-state index in [-0.39, 0.29) is 17.3 Å². The van der Waals surface area contributed by atoms with Crippen molar-refractivity contribution in [3.63, 3.8) is 0 Å². The number of ether oxygens (including phenoxy) is 1. The van der Waals surface area contributed by atoms with Gasteiger partial charge in [0, 0.05) is 31.2 Å². The predicted molar refractivity (Wildman–Crippen MR) is 167 cm³/mol. The summed E-state index contributed by atoms with van der Waals surface area (Å²) in [6, 6.07) is 7.19. The van der Waals surface area contributed by atoms with E-state index in [0.717, 1.165) is 42.5 Å². The van der Waals surface area contributed by atoms with Gasteiger partial charge in [0.2, 0.25) is 0 Å². The van der Waals surface area contributed by atoms with Gasteiger partial charge >= 0.3 is 0 Å². The van der Waals surface area contributed by atoms with Gasteiger partial charge in [-0.1, -0.05) is 32.8 Å². The molecule has 1 saturated carbocycles. The number of imidazole rings is 1. The molecule has 1 aliphatic heterocycles. The van der Waals surface area contributed by atoms with E-state index in [1.807, 2.05) is 0 Å². The Morgan fingerprint density at radius 3 is 2.67 bits per heavy atom. The van der Waals surface area contributed by atoms with Crippen LogP contribution < -0.4 is 5.73 Å². The number of nitrogens with zero attached hydrogens (tertiary/aromatic N) is 5. The first-order chi connectivity index (χ1) is 20.4. The van der Waals surface area contributed by atoms with Crippen LogP contribution in [-0.2, 0) is 16.6 Å². The van der Waals surface area contributed by atoms with E-state index >= 15 is 0 Å². The zero-order chi connectivity index (χ0) is 30.6. The van der Waals surface area contributed by atoms with E-state index in [0.29, 0.717) is 35.1 Å². The van der Waals surface area contributed by atoms with Gasteiger partial charge < -0.3 is 30.2 Å². The van der Waals surface area contributed by atoms with Crippen molar-refractivity contribution in [3.05, 3.63) is 47.7 Å². The Hall–Kier alpha value is -3.49. The molecule has 4 aromatic rings. The van der Waals surface area contributed by atoms with E-state index in [1.54, 1.807) is 10.8 Å². The number of aromatic nitrogens is 5. The average molecular weight is 586 g/mol. The maximum atomic E-state index is 11.0. The Kier molecular flexibility index (Phi) is 7.71. The number of aromatic amines is 1. The van der Waals surface area contributed by atoms with Crippen LogP contribution in [0.4, 0.5) is 5.82 Å². The number of benzene rings is 1. The highest BCUT2D eigenvalue weighted by atomic mass is 16.6. The van der Waals surface area contributed by atoms with Gasteiger partial charge in [-0.25, -0.2) is 15.0 Å². The number of aliphatic hydroxyl groups is 2. The van der Waals surface area contributed by atoms with Crippen molar-refractivity contribution >= 4 is 27.9 Å². The molecule has 10 heteroatoms. The highest BCUT2D eigenvalue weighted by Crippen LogP contribution is 2.39. The molecule has 10 nitrogen and oxygen atoms in total. The van der Waals surface area contributed by atoms with E-state index in [9.17, 15) is 10.2 Å². The second-order valence-corrected chi connectivity index (χ2v) is 13.6. The van der Waals surface area contributed by atoms with Crippen LogP contribution >= 0.6 is 0 Å². The zero-order valence-electron chi connectivity index (χ0n) is 25.7. The maximum absolute atomic E-state index is 11.0. The lowest BCUT2D eigenvalue weighted by molar-refractivity contribution is -0.0618. The molecule has 6 rings (SSSR count). The van der Waals surface area contributed by atoms with Gasteiger partial charge in [0.1, 0.15) is 41.9 Å². The number of H-pyrrole nitrogens is 1. The third kappa shape index (κ3) is 5.51. The Morgan fingerprint density at radius 2 is 1.98 bits per heavy atom. The molecule has 43 heavy (non-hydrogen) atoms. The fraction of sp³-hybridized carbons (Fsp3) is 0.545. The minimum Gasteiger partial charge on any atom is -0.387 e. The first-order valence-electron chi connectivity index (χ1n) is 15.3. The van der Waals surface area contributed by atoms with E-state index in [1.165, 1.54) is 11.9 Å². The lowest BCUT2D eigenvalue weighted by Gasteiger charge is -2.46. The quantitative estimate of drug-likeness (QED) is 0.228. The monoisotopic (exact) mass is 585 g/mol. The second-order valence-electron chi connectivity index (χ2n) is 13.6. The number of aliphatic hydroxyl groups excluding tert-OH is 2. The summed E-state index contributed by atoms with van der Waals surface area (Å²) in [5.41, 5.74) is 10.6. The molecule has 5 N–H and O–H groups in total. The van der Waals surface area contributed by atoms with Crippen molar-refractivity contribution in [2.45, 2.75) is 102 Å². The molecule has 0 amide bonds. The molecule has 0 spiro atoms. The van der Waals surface area contributed by atoms with Crippen LogP contribution in [0.3, 0.4) is 0 Å². The first-order valence-corrected chi connectivity index (χ1v) is 15.3. The summed E-state index contributed by atoms with van der Waals surface area (Å²) in [7, 11) is 0. The van der Waals surface area contributed by atoms with Gasteiger partial charge in [0.25, 0.3) is 0 Å². The van der Waals surface area contributed by atoms with Crippen LogP contribution in [-0.4, -0.2) is 76.6 Å². The fourth-order valence-corrected chi connectivity index (χ4v) is 6.70. The predicted octanol–water partition coefficient (Wildman–Crippen LogP) is 3.91. The number of hydrogen-bond donors (Lipinski definition) is 4. The molecule has 0 bridgehead atoms. The summed E-state index contributed by atoms with van der Waals surface area (Å²) in [6.07, 6.45) is 9.32. The van der Waals surface area contributed by atoms with E-state index in [2.05, 4.69) is 78.6 Å². The number of nitrogens with two attached hydrogens (primary N) is 1. The van der Waals surface area contributed by atoms with Crippen molar-refractivity contribution < 1.29 is 14.9 Å². The molecule has 228 valence electrons. The maximum Gasteiger partial charge on any atom is 0.164 e. The fourth-order valence-electron chi connectivity index (χ4n) is 6.70. The van der Waals surface area contributed by atoms with Crippen LogP contribution in [0.25, 0.3) is 22.1 Å². The summed E-state index contributed by atoms with van der Waals surface area (Å²) in [5.74, 6) is 4.55. The molecule has 2 fully saturated rings. The summed E-state index contributed by atoms with van der Waals surface area (Å²) < 4.78 is 7.97. The number of hydrogen-bond acceptors (Lipinski definition) is 8. The van der Waals surface area contributed by atoms with Gasteiger partial charge in [-0.2, -0.15) is 0 Å². The number of rotatable bonds is 8. The summed E-state index contributed by atoms with van der Waals surface area (Å²) in [6.45, 7) is 11.5. The third-order valence-electron chi connectivity index (χ3n) is 9.33. The van der Waals surface area contributed by atoms with Crippen LogP contribution in [0, 0.1) is 18.3 Å². The van der Waals surface area contributed by atoms with E-state index in [4.69, 9.17) is 21.9 Å². The number of aryl methyl sites for hydroxylation is 1. The Balaban J connectivity index is 1.08. The molecule has 3 aromatic heterocycles. The van der Waals surface area contributed by atoms with Gasteiger partial charge in [0.05, 0.1) is 22.0 Å². The lowest BCUT2D eigenvalue weighted by Crippen LogP contribution is -2.52. The SMILES string of the molecule is C#Cc1cn([C@@H]2O[C@H](CN(C(C)C)C3CC(CCc4nc5cc(C(C)(C)C)ccc5[nH]4)C3)[C@@H](O)[C@H]2O)c2ncnc(N)c12. The molecule has 4 heterocycles. The minimum absolute atomic E-state index is 0.0980. The number of anilines is 1. The molecule has 2 aliphatic rings. The molecule has 0 unspecified atom stereocenters. The van der Waals surface area contributed by atoms with Gasteiger partial charge in [-0.15, -0.1) is 6.42 Å². The topological polar surface area (TPSA) is 138 Å². The Morgan fingerprint density at radius 1 is 1.21 bits per heavy atom. The summed E-state index contributed by atoms with van der Waals surface area (Å²) in [5, 5.41) is 22.6. The van der Waals surface area contributed by atoms with Crippen molar-refractivity contribution in [3.8, 4) is 12.3 Å². The molecule has 1 saturated heterocycles. The van der Waals surface area contributed by atoms with Crippen LogP contribution in [0.2, 0.25) is 0 Å². The number of terminal acetylenes is 1. The number of nitrogen functional groups attached to an aromatic ring is 1. The van der Waals surface area contributed by atoms with Gasteiger partial charge in [-0.05, 0) is 62.1 Å². The van der Waals surface area contributed by atoms with Crippen LogP contribution in [0.1, 0.15) is 77.1 Å². The molecule has 1 aromatic carbocycles. The van der Waals surface area contributed by atoms with Crippen LogP contribution in [0.15, 0.2) is 30.7 Å². The normalized spacial score (nSPS) is 26.0. The molecule has 1 aliphatic carbocycles. The standard InChI is InChI=1S/C33H43N7O3/c1-7-20-15-40(31-27(20)30(34)35-17-36-31)32-29(42)28(41)25(43-32)16-39(18(2)3)22-12-19(13-22)8-11-26-37-23-10-9-21(33(4,5)6)14-24(23)38-26/h1,9-10,14-15,17-19,22,25,28-29,32,41-42H,8,11-13,16H2,2-6H3,(H,37,38)(H2,34,35,36)/t19?,22?,25-,28-,29-,32-/m1/s1. The molecule has 4 atom stereocenters. The Bertz CT molecular complexity index is 1660. The Labute approximate surface area is 252 Å². The van der Waals surface area contributed by atoms with E-state index < -0.39 is 24.5 Å². The highest BCUT2D eigenvalue weighted by molar-refractivity contribution is 5.92. The average Bonchev–Trinajstić information content (AvgIpc) is 3.60. The third-order valence-corrected chi connectivity index (χ3v) is 9.33. The molecular weight excluding hydrogens is 542 g/mol. The number of nitrogens with one attached hydrogen (secondary N) is 1. The summed E-state index contributed by atoms with van der Waals surface area (Å²) in [4.78, 5) is 19.2. The highest BCUT2D eigenvalue weighted by Gasteiger charge is 2.46. The summed E-state index contributed by atoms with van der Waals surface area (Å²) >= 11 is 0. The van der Waals surface area contributed by atoms with Crippen molar-refractivity contribution in [1.82, 2.24) is 29.4 Å². The molecular formula is C33H43N7O3. The van der Waals surface area contributed by atoms with Crippen LogP contribution in [0.5, 0.6) is 0 Å². The largest absolute Gasteiger partial charge is 0.387 e. The van der Waals surface area contributed by atoms with Gasteiger partial charge in [-0.3, -0.25) is 4.90 Å². The lowest BCUT2D eigenvalue weighted by atomic mass is 9.76. The second kappa shape index (κ2) is 11.2. The number of fused-ring (bicyclic) bond motifs is 2.